The van der Waals surface area contributed by atoms with Crippen molar-refractivity contribution >= 4 is 11.7 Å². The van der Waals surface area contributed by atoms with Crippen molar-refractivity contribution in [1.82, 2.24) is 24.5 Å². The lowest BCUT2D eigenvalue weighted by molar-refractivity contribution is 0.0667. The molecule has 2 aromatic heterocycles. The second-order valence-electron chi connectivity index (χ2n) is 7.15. The maximum Gasteiger partial charge on any atom is 0.293 e. The summed E-state index contributed by atoms with van der Waals surface area (Å²) in [4.78, 5) is 23.8. The zero-order valence-corrected chi connectivity index (χ0v) is 15.2. The Morgan fingerprint density at radius 3 is 2.65 bits per heavy atom. The summed E-state index contributed by atoms with van der Waals surface area (Å²) >= 11 is 0. The maximum absolute atomic E-state index is 13.2. The highest BCUT2D eigenvalue weighted by atomic mass is 16.2. The summed E-state index contributed by atoms with van der Waals surface area (Å²) in [6.07, 6.45) is 3.64. The number of rotatable bonds is 5. The van der Waals surface area contributed by atoms with Crippen LogP contribution in [0.4, 0.5) is 0 Å². The number of amides is 1. The number of benzene rings is 1. The predicted octanol–water partition coefficient (Wildman–Crippen LogP) is 3.18. The summed E-state index contributed by atoms with van der Waals surface area (Å²) in [5.74, 6) is 1.17. The third kappa shape index (κ3) is 3.31. The molecule has 134 valence electrons. The molecule has 6 heteroatoms. The molecule has 0 radical (unpaired) electrons. The predicted molar refractivity (Wildman–Crippen MR) is 98.8 cm³/mol. The summed E-state index contributed by atoms with van der Waals surface area (Å²) in [6.45, 7) is 5.20. The summed E-state index contributed by atoms with van der Waals surface area (Å²) < 4.78 is 1.64. The molecule has 6 nitrogen and oxygen atoms in total. The lowest BCUT2D eigenvalue weighted by Gasteiger charge is -2.32. The molecule has 3 aromatic rings. The van der Waals surface area contributed by atoms with Gasteiger partial charge in [-0.3, -0.25) is 4.79 Å². The van der Waals surface area contributed by atoms with Gasteiger partial charge in [0, 0.05) is 24.5 Å². The molecular formula is C20H23N5O. The molecule has 1 aromatic carbocycles. The van der Waals surface area contributed by atoms with Gasteiger partial charge in [-0.25, -0.2) is 9.50 Å². The molecule has 0 atom stereocenters. The number of aromatic nitrogens is 4. The lowest BCUT2D eigenvalue weighted by Crippen LogP contribution is -2.37. The smallest absolute Gasteiger partial charge is 0.293 e. The molecule has 0 unspecified atom stereocenters. The van der Waals surface area contributed by atoms with Crippen molar-refractivity contribution in [2.75, 3.05) is 6.54 Å². The lowest BCUT2D eigenvalue weighted by atomic mass is 9.85. The van der Waals surface area contributed by atoms with E-state index < -0.39 is 0 Å². The van der Waals surface area contributed by atoms with Gasteiger partial charge in [0.1, 0.15) is 0 Å². The van der Waals surface area contributed by atoms with E-state index in [4.69, 9.17) is 0 Å². The number of hydrogen-bond acceptors (Lipinski definition) is 4. The van der Waals surface area contributed by atoms with E-state index >= 15 is 0 Å². The van der Waals surface area contributed by atoms with E-state index in [1.54, 1.807) is 4.52 Å². The van der Waals surface area contributed by atoms with Crippen LogP contribution >= 0.6 is 0 Å². The molecule has 0 N–H and O–H groups in total. The molecule has 1 amide bonds. The molecule has 26 heavy (non-hydrogen) atoms. The first-order valence-corrected chi connectivity index (χ1v) is 9.14. The highest BCUT2D eigenvalue weighted by molar-refractivity contribution is 5.90. The zero-order valence-electron chi connectivity index (χ0n) is 15.2. The summed E-state index contributed by atoms with van der Waals surface area (Å²) in [5, 5.41) is 4.42. The van der Waals surface area contributed by atoms with Crippen LogP contribution < -0.4 is 0 Å². The fourth-order valence-corrected chi connectivity index (χ4v) is 3.41. The van der Waals surface area contributed by atoms with E-state index in [0.717, 1.165) is 23.5 Å². The molecule has 0 spiro atoms. The molecule has 1 aliphatic rings. The van der Waals surface area contributed by atoms with Gasteiger partial charge in [-0.1, -0.05) is 36.8 Å². The number of carbonyl (C=O) groups is 1. The highest BCUT2D eigenvalue weighted by Crippen LogP contribution is 2.28. The van der Waals surface area contributed by atoms with Gasteiger partial charge in [0.25, 0.3) is 11.7 Å². The minimum Gasteiger partial charge on any atom is -0.331 e. The van der Waals surface area contributed by atoms with Crippen LogP contribution in [0, 0.1) is 19.8 Å². The SMILES string of the molecule is Cc1cc(C)n2nc(C(=O)N(Cc3ccccc3)CC3CCC3)nc2n1. The van der Waals surface area contributed by atoms with Gasteiger partial charge in [-0.15, -0.1) is 5.10 Å². The first-order valence-electron chi connectivity index (χ1n) is 9.14. The monoisotopic (exact) mass is 349 g/mol. The van der Waals surface area contributed by atoms with E-state index in [1.165, 1.54) is 19.3 Å². The molecular weight excluding hydrogens is 326 g/mol. The van der Waals surface area contributed by atoms with Crippen LogP contribution in [0.2, 0.25) is 0 Å². The van der Waals surface area contributed by atoms with Crippen molar-refractivity contribution in [3.8, 4) is 0 Å². The van der Waals surface area contributed by atoms with Gasteiger partial charge in [-0.05, 0) is 44.2 Å². The molecule has 4 rings (SSSR count). The minimum atomic E-state index is -0.122. The second kappa shape index (κ2) is 6.86. The topological polar surface area (TPSA) is 63.4 Å². The van der Waals surface area contributed by atoms with Crippen LogP contribution in [0.3, 0.4) is 0 Å². The standard InChI is InChI=1S/C20H23N5O/c1-14-11-15(2)25-20(21-14)22-18(23-25)19(26)24(13-17-9-6-10-17)12-16-7-4-3-5-8-16/h3-5,7-8,11,17H,6,9-10,12-13H2,1-2H3. The Hall–Kier alpha value is -2.76. The quantitative estimate of drug-likeness (QED) is 0.710. The Morgan fingerprint density at radius 1 is 1.19 bits per heavy atom. The fraction of sp³-hybridized carbons (Fsp3) is 0.400. The van der Waals surface area contributed by atoms with Gasteiger partial charge in [0.2, 0.25) is 5.82 Å². The highest BCUT2D eigenvalue weighted by Gasteiger charge is 2.27. The van der Waals surface area contributed by atoms with E-state index in [2.05, 4.69) is 15.1 Å². The average molecular weight is 349 g/mol. The van der Waals surface area contributed by atoms with Crippen molar-refractivity contribution in [3.63, 3.8) is 0 Å². The van der Waals surface area contributed by atoms with Crippen LogP contribution in [0.5, 0.6) is 0 Å². The molecule has 2 heterocycles. The molecule has 0 bridgehead atoms. The number of carbonyl (C=O) groups excluding carboxylic acids is 1. The Balaban J connectivity index is 1.63. The Kier molecular flexibility index (Phi) is 4.41. The summed E-state index contributed by atoms with van der Waals surface area (Å²) in [5.41, 5.74) is 2.92. The Morgan fingerprint density at radius 2 is 1.96 bits per heavy atom. The molecule has 1 fully saturated rings. The number of aryl methyl sites for hydroxylation is 2. The molecule has 1 aliphatic carbocycles. The van der Waals surface area contributed by atoms with Gasteiger partial charge >= 0.3 is 0 Å². The van der Waals surface area contributed by atoms with Gasteiger partial charge in [0.15, 0.2) is 0 Å². The summed E-state index contributed by atoms with van der Waals surface area (Å²) in [6, 6.07) is 12.0. The fourth-order valence-electron chi connectivity index (χ4n) is 3.41. The third-order valence-electron chi connectivity index (χ3n) is 5.02. The number of nitrogens with zero attached hydrogens (tertiary/aromatic N) is 5. The van der Waals surface area contributed by atoms with Crippen molar-refractivity contribution in [3.05, 3.63) is 59.2 Å². The van der Waals surface area contributed by atoms with Crippen molar-refractivity contribution < 1.29 is 4.79 Å². The largest absolute Gasteiger partial charge is 0.331 e. The van der Waals surface area contributed by atoms with E-state index in [9.17, 15) is 4.79 Å². The first-order chi connectivity index (χ1) is 12.6. The van der Waals surface area contributed by atoms with Crippen molar-refractivity contribution in [2.45, 2.75) is 39.7 Å². The zero-order chi connectivity index (χ0) is 18.1. The minimum absolute atomic E-state index is 0.122. The molecule has 0 saturated heterocycles. The maximum atomic E-state index is 13.2. The van der Waals surface area contributed by atoms with E-state index in [0.29, 0.717) is 18.2 Å². The van der Waals surface area contributed by atoms with Gasteiger partial charge in [-0.2, -0.15) is 4.98 Å². The molecule has 1 saturated carbocycles. The van der Waals surface area contributed by atoms with Crippen molar-refractivity contribution in [1.29, 1.82) is 0 Å². The normalized spacial score (nSPS) is 14.4. The van der Waals surface area contributed by atoms with Crippen LogP contribution in [0.1, 0.15) is 46.8 Å². The van der Waals surface area contributed by atoms with Crippen LogP contribution in [0.15, 0.2) is 36.4 Å². The Labute approximate surface area is 152 Å². The molecule has 0 aliphatic heterocycles. The second-order valence-corrected chi connectivity index (χ2v) is 7.15. The van der Waals surface area contributed by atoms with Gasteiger partial charge < -0.3 is 4.90 Å². The van der Waals surface area contributed by atoms with Crippen LogP contribution in [-0.2, 0) is 6.54 Å². The Bertz CT molecular complexity index is 930. The van der Waals surface area contributed by atoms with Crippen LogP contribution in [-0.4, -0.2) is 36.9 Å². The van der Waals surface area contributed by atoms with Crippen LogP contribution in [0.25, 0.3) is 5.78 Å². The average Bonchev–Trinajstić information content (AvgIpc) is 3.01. The van der Waals surface area contributed by atoms with Crippen molar-refractivity contribution in [2.24, 2.45) is 5.92 Å². The van der Waals surface area contributed by atoms with E-state index in [1.807, 2.05) is 55.1 Å². The number of hydrogen-bond donors (Lipinski definition) is 0. The van der Waals surface area contributed by atoms with E-state index in [-0.39, 0.29) is 11.7 Å². The number of fused-ring (bicyclic) bond motifs is 1. The summed E-state index contributed by atoms with van der Waals surface area (Å²) in [7, 11) is 0. The first kappa shape index (κ1) is 16.7. The third-order valence-corrected chi connectivity index (χ3v) is 5.02. The van der Waals surface area contributed by atoms with Gasteiger partial charge in [0.05, 0.1) is 0 Å².